The summed E-state index contributed by atoms with van der Waals surface area (Å²) in [7, 11) is 0. The second-order valence-electron chi connectivity index (χ2n) is 4.70. The van der Waals surface area contributed by atoms with Crippen LogP contribution in [0.5, 0.6) is 0 Å². The number of aromatic nitrogens is 2. The first-order chi connectivity index (χ1) is 8.74. The van der Waals surface area contributed by atoms with Crippen LogP contribution in [0.15, 0.2) is 12.3 Å². The van der Waals surface area contributed by atoms with E-state index in [1.807, 2.05) is 13.0 Å². The second kappa shape index (κ2) is 8.07. The number of aryl methyl sites for hydroxylation is 1. The van der Waals surface area contributed by atoms with Crippen LogP contribution in [0.2, 0.25) is 0 Å². The van der Waals surface area contributed by atoms with Gasteiger partial charge in [-0.15, -0.1) is 12.4 Å². The van der Waals surface area contributed by atoms with Gasteiger partial charge in [-0.05, 0) is 38.8 Å². The molecule has 1 aliphatic heterocycles. The van der Waals surface area contributed by atoms with Crippen molar-refractivity contribution in [3.63, 3.8) is 0 Å². The lowest BCUT2D eigenvalue weighted by Crippen LogP contribution is -2.27. The van der Waals surface area contributed by atoms with E-state index in [1.165, 1.54) is 12.8 Å². The molecule has 0 saturated carbocycles. The normalized spacial score (nSPS) is 17.8. The average Bonchev–Trinajstić information content (AvgIpc) is 2.87. The van der Waals surface area contributed by atoms with Gasteiger partial charge in [-0.3, -0.25) is 4.79 Å². The molecule has 0 spiro atoms. The molecule has 1 atom stereocenters. The molecule has 1 aromatic rings. The fourth-order valence-corrected chi connectivity index (χ4v) is 2.19. The van der Waals surface area contributed by atoms with E-state index in [1.54, 1.807) is 6.20 Å². The Morgan fingerprint density at radius 1 is 1.58 bits per heavy atom. The third-order valence-electron chi connectivity index (χ3n) is 3.18. The van der Waals surface area contributed by atoms with Crippen molar-refractivity contribution in [2.24, 2.45) is 0 Å². The van der Waals surface area contributed by atoms with Crippen molar-refractivity contribution in [2.45, 2.75) is 45.2 Å². The molecule has 6 heteroatoms. The summed E-state index contributed by atoms with van der Waals surface area (Å²) in [4.78, 5) is 19.9. The largest absolute Gasteiger partial charge is 0.350 e. The summed E-state index contributed by atoms with van der Waals surface area (Å²) in [6.45, 7) is 3.42. The minimum absolute atomic E-state index is 0. The highest BCUT2D eigenvalue weighted by molar-refractivity contribution is 5.85. The number of carbonyl (C=O) groups is 1. The first-order valence-corrected chi connectivity index (χ1v) is 6.52. The summed E-state index contributed by atoms with van der Waals surface area (Å²) in [5.74, 6) is 0.830. The molecule has 1 saturated heterocycles. The van der Waals surface area contributed by atoms with Crippen molar-refractivity contribution in [3.8, 4) is 0 Å². The van der Waals surface area contributed by atoms with E-state index in [9.17, 15) is 4.79 Å². The van der Waals surface area contributed by atoms with E-state index in [0.29, 0.717) is 19.0 Å². The van der Waals surface area contributed by atoms with E-state index in [2.05, 4.69) is 20.6 Å². The molecule has 106 valence electrons. The van der Waals surface area contributed by atoms with Crippen LogP contribution in [0.25, 0.3) is 0 Å². The number of hydrogen-bond acceptors (Lipinski definition) is 4. The molecule has 1 aliphatic rings. The molecular weight excluding hydrogens is 264 g/mol. The molecule has 1 amide bonds. The Balaban J connectivity index is 0.00000180. The Hall–Kier alpha value is -1.20. The number of carbonyl (C=O) groups excluding carboxylic acids is 1. The Bertz CT molecular complexity index is 407. The lowest BCUT2D eigenvalue weighted by molar-refractivity contribution is -0.121. The molecule has 2 heterocycles. The van der Waals surface area contributed by atoms with Gasteiger partial charge in [0.2, 0.25) is 5.91 Å². The highest BCUT2D eigenvalue weighted by Crippen LogP contribution is 2.10. The van der Waals surface area contributed by atoms with Crippen LogP contribution in [0.4, 0.5) is 0 Å². The van der Waals surface area contributed by atoms with Crippen molar-refractivity contribution < 1.29 is 4.79 Å². The molecule has 0 radical (unpaired) electrons. The summed E-state index contributed by atoms with van der Waals surface area (Å²) >= 11 is 0. The Morgan fingerprint density at radius 2 is 2.42 bits per heavy atom. The minimum Gasteiger partial charge on any atom is -0.350 e. The first kappa shape index (κ1) is 15.9. The number of nitrogens with zero attached hydrogens (tertiary/aromatic N) is 2. The van der Waals surface area contributed by atoms with E-state index in [4.69, 9.17) is 0 Å². The van der Waals surface area contributed by atoms with E-state index < -0.39 is 0 Å². The van der Waals surface area contributed by atoms with Gasteiger partial charge in [0.15, 0.2) is 0 Å². The van der Waals surface area contributed by atoms with E-state index in [0.717, 1.165) is 24.5 Å². The number of nitrogens with one attached hydrogen (secondary N) is 2. The lowest BCUT2D eigenvalue weighted by atomic mass is 10.1. The molecule has 2 rings (SSSR count). The zero-order valence-corrected chi connectivity index (χ0v) is 12.0. The van der Waals surface area contributed by atoms with Crippen LogP contribution >= 0.6 is 12.4 Å². The lowest BCUT2D eigenvalue weighted by Gasteiger charge is -2.09. The molecule has 0 aromatic carbocycles. The maximum absolute atomic E-state index is 11.7. The van der Waals surface area contributed by atoms with Gasteiger partial charge in [-0.2, -0.15) is 0 Å². The summed E-state index contributed by atoms with van der Waals surface area (Å²) in [5, 5.41) is 6.29. The molecular formula is C13H21ClN4O. The van der Waals surface area contributed by atoms with Gasteiger partial charge in [-0.25, -0.2) is 9.97 Å². The van der Waals surface area contributed by atoms with Gasteiger partial charge < -0.3 is 10.6 Å². The van der Waals surface area contributed by atoms with Crippen molar-refractivity contribution in [1.82, 2.24) is 20.6 Å². The predicted octanol–water partition coefficient (Wildman–Crippen LogP) is 1.36. The number of hydrogen-bond donors (Lipinski definition) is 2. The standard InChI is InChI=1S/C13H20N4O.ClH/c1-10-14-8-6-12(17-10)9-16-13(18)5-4-11-3-2-7-15-11;/h6,8,11,15H,2-5,7,9H2,1H3,(H,16,18);1H. The molecule has 1 unspecified atom stereocenters. The van der Waals surface area contributed by atoms with Crippen LogP contribution in [0, 0.1) is 6.92 Å². The third-order valence-corrected chi connectivity index (χ3v) is 3.18. The average molecular weight is 285 g/mol. The topological polar surface area (TPSA) is 66.9 Å². The summed E-state index contributed by atoms with van der Waals surface area (Å²) in [5.41, 5.74) is 0.856. The molecule has 1 fully saturated rings. The Labute approximate surface area is 120 Å². The molecule has 2 N–H and O–H groups in total. The Morgan fingerprint density at radius 3 is 3.11 bits per heavy atom. The van der Waals surface area contributed by atoms with Crippen LogP contribution in [0.1, 0.15) is 37.2 Å². The predicted molar refractivity (Wildman–Crippen MR) is 76.1 cm³/mol. The maximum Gasteiger partial charge on any atom is 0.220 e. The molecule has 1 aromatic heterocycles. The van der Waals surface area contributed by atoms with Gasteiger partial charge in [0.1, 0.15) is 5.82 Å². The van der Waals surface area contributed by atoms with E-state index >= 15 is 0 Å². The number of halogens is 1. The minimum atomic E-state index is 0. The highest BCUT2D eigenvalue weighted by Gasteiger charge is 2.15. The fourth-order valence-electron chi connectivity index (χ4n) is 2.19. The van der Waals surface area contributed by atoms with Crippen molar-refractivity contribution in [3.05, 3.63) is 23.8 Å². The molecule has 0 aliphatic carbocycles. The van der Waals surface area contributed by atoms with Crippen molar-refractivity contribution >= 4 is 18.3 Å². The monoisotopic (exact) mass is 284 g/mol. The summed E-state index contributed by atoms with van der Waals surface area (Å²) in [6.07, 6.45) is 5.65. The fraction of sp³-hybridized carbons (Fsp3) is 0.615. The van der Waals surface area contributed by atoms with Crippen molar-refractivity contribution in [1.29, 1.82) is 0 Å². The second-order valence-corrected chi connectivity index (χ2v) is 4.70. The van der Waals surface area contributed by atoms with Gasteiger partial charge in [-0.1, -0.05) is 0 Å². The van der Waals surface area contributed by atoms with Crippen LogP contribution in [-0.4, -0.2) is 28.5 Å². The highest BCUT2D eigenvalue weighted by atomic mass is 35.5. The smallest absolute Gasteiger partial charge is 0.220 e. The van der Waals surface area contributed by atoms with Gasteiger partial charge in [0, 0.05) is 18.7 Å². The van der Waals surface area contributed by atoms with E-state index in [-0.39, 0.29) is 18.3 Å². The van der Waals surface area contributed by atoms with Gasteiger partial charge in [0.25, 0.3) is 0 Å². The van der Waals surface area contributed by atoms with Crippen LogP contribution in [0.3, 0.4) is 0 Å². The Kier molecular flexibility index (Phi) is 6.73. The van der Waals surface area contributed by atoms with Gasteiger partial charge >= 0.3 is 0 Å². The quantitative estimate of drug-likeness (QED) is 0.857. The van der Waals surface area contributed by atoms with Crippen LogP contribution < -0.4 is 10.6 Å². The number of amides is 1. The molecule has 19 heavy (non-hydrogen) atoms. The maximum atomic E-state index is 11.7. The molecule has 0 bridgehead atoms. The zero-order valence-electron chi connectivity index (χ0n) is 11.2. The molecule has 5 nitrogen and oxygen atoms in total. The summed E-state index contributed by atoms with van der Waals surface area (Å²) < 4.78 is 0. The SMILES string of the molecule is Cc1nccc(CNC(=O)CCC2CCCN2)n1.Cl. The van der Waals surface area contributed by atoms with Crippen LogP contribution in [-0.2, 0) is 11.3 Å². The van der Waals surface area contributed by atoms with Crippen molar-refractivity contribution in [2.75, 3.05) is 6.54 Å². The van der Waals surface area contributed by atoms with Gasteiger partial charge in [0.05, 0.1) is 12.2 Å². The zero-order chi connectivity index (χ0) is 12.8. The first-order valence-electron chi connectivity index (χ1n) is 6.52. The third kappa shape index (κ3) is 5.53. The summed E-state index contributed by atoms with van der Waals surface area (Å²) in [6, 6.07) is 2.35. The number of rotatable bonds is 5.